The smallest absolute Gasteiger partial charge is 0.245 e. The maximum absolute atomic E-state index is 14.5. The Morgan fingerprint density at radius 3 is 1.45 bits per heavy atom. The fraction of sp³-hybridized carbons (Fsp3) is 0.746. The molecule has 2 fully saturated rings. The lowest BCUT2D eigenvalue weighted by Gasteiger charge is -2.29. The average Bonchev–Trinajstić information content (AvgIpc) is 1.61. The number of amides is 11. The molecule has 2 rings (SSSR count). The molecule has 23 N–H and O–H groups in total. The molecule has 0 heterocycles. The molecule has 0 saturated heterocycles. The van der Waals surface area contributed by atoms with Crippen LogP contribution in [-0.4, -0.2) is 187 Å². The quantitative estimate of drug-likeness (QED) is 0.0155. The van der Waals surface area contributed by atoms with Gasteiger partial charge in [0.15, 0.2) is 11.7 Å². The van der Waals surface area contributed by atoms with Crippen molar-refractivity contribution in [2.75, 3.05) is 32.8 Å². The van der Waals surface area contributed by atoms with Gasteiger partial charge in [-0.25, -0.2) is 0 Å². The van der Waals surface area contributed by atoms with Crippen molar-refractivity contribution in [2.24, 2.45) is 91.7 Å². The number of nitrogens with one attached hydrogen (secondary N) is 10. The van der Waals surface area contributed by atoms with Gasteiger partial charge in [-0.05, 0) is 108 Å². The van der Waals surface area contributed by atoms with Crippen molar-refractivity contribution in [2.45, 2.75) is 201 Å². The zero-order valence-electron chi connectivity index (χ0n) is 54.6. The van der Waals surface area contributed by atoms with Gasteiger partial charge in [0.05, 0.1) is 31.1 Å². The minimum absolute atomic E-state index is 0.0189. The van der Waals surface area contributed by atoms with Gasteiger partial charge in [0.2, 0.25) is 65.0 Å². The summed E-state index contributed by atoms with van der Waals surface area (Å²) in [6.45, 7) is 17.3. The van der Waals surface area contributed by atoms with Crippen molar-refractivity contribution < 1.29 is 67.4 Å². The van der Waals surface area contributed by atoms with Crippen LogP contribution in [0.1, 0.15) is 140 Å². The Kier molecular flexibility index (Phi) is 33.7. The van der Waals surface area contributed by atoms with E-state index in [0.29, 0.717) is 0 Å². The summed E-state index contributed by atoms with van der Waals surface area (Å²) >= 11 is 0. The van der Waals surface area contributed by atoms with Crippen molar-refractivity contribution in [3.8, 4) is 0 Å². The van der Waals surface area contributed by atoms with E-state index in [4.69, 9.17) is 34.4 Å². The molecule has 514 valence electrons. The predicted molar refractivity (Wildman–Crippen MR) is 337 cm³/mol. The van der Waals surface area contributed by atoms with E-state index in [0.717, 1.165) is 0 Å². The second-order valence-corrected chi connectivity index (χ2v) is 25.3. The van der Waals surface area contributed by atoms with Gasteiger partial charge in [-0.3, -0.25) is 72.3 Å². The van der Waals surface area contributed by atoms with Gasteiger partial charge in [-0.15, -0.1) is 0 Å². The van der Waals surface area contributed by atoms with Crippen LogP contribution >= 0.6 is 0 Å². The summed E-state index contributed by atoms with van der Waals surface area (Å²) < 4.78 is 0. The first-order valence-electron chi connectivity index (χ1n) is 31.3. The number of amidine groups is 1. The fourth-order valence-electron chi connectivity index (χ4n) is 10.3. The Labute approximate surface area is 532 Å². The molecule has 32 nitrogen and oxygen atoms in total. The molecule has 32 heteroatoms. The number of carbonyl (C=O) groups is 13. The minimum atomic E-state index is -1.54. The molecule has 0 spiro atoms. The fourth-order valence-corrected chi connectivity index (χ4v) is 10.3. The van der Waals surface area contributed by atoms with Crippen LogP contribution < -0.4 is 87.6 Å². The number of rotatable bonds is 41. The van der Waals surface area contributed by atoms with Crippen LogP contribution in [0.15, 0.2) is 9.98 Å². The zero-order chi connectivity index (χ0) is 69.1. The number of ketones is 2. The molecule has 11 amide bonds. The third-order valence-corrected chi connectivity index (χ3v) is 15.5. The van der Waals surface area contributed by atoms with E-state index in [1.807, 2.05) is 0 Å². The number of fused-ring (bicyclic) bond motifs is 1. The normalized spacial score (nSPS) is 19.5. The number of carbonyl (C=O) groups excluding carboxylic acids is 13. The number of aliphatic hydroxyl groups is 1. The molecule has 0 radical (unpaired) electrons. The second kappa shape index (κ2) is 38.7. The van der Waals surface area contributed by atoms with Crippen molar-refractivity contribution in [3.63, 3.8) is 0 Å². The summed E-state index contributed by atoms with van der Waals surface area (Å²) in [6, 6.07) is -12.5. The Morgan fingerprint density at radius 1 is 0.538 bits per heavy atom. The Hall–Kier alpha value is -7.87. The lowest BCUT2D eigenvalue weighted by molar-refractivity contribution is -0.136. The molecule has 0 bridgehead atoms. The van der Waals surface area contributed by atoms with E-state index in [2.05, 4.69) is 63.2 Å². The largest absolute Gasteiger partial charge is 0.394 e. The summed E-state index contributed by atoms with van der Waals surface area (Å²) in [6.07, 6.45) is 0.446. The van der Waals surface area contributed by atoms with Crippen LogP contribution in [-0.2, 0) is 62.3 Å². The number of primary amides is 1. The van der Waals surface area contributed by atoms with Crippen LogP contribution in [0.5, 0.6) is 0 Å². The van der Waals surface area contributed by atoms with Gasteiger partial charge in [-0.1, -0.05) is 62.3 Å². The maximum atomic E-state index is 14.5. The van der Waals surface area contributed by atoms with Crippen molar-refractivity contribution in [1.29, 1.82) is 0 Å². The van der Waals surface area contributed by atoms with Gasteiger partial charge in [0, 0.05) is 37.3 Å². The number of guanidine groups is 1. The van der Waals surface area contributed by atoms with Gasteiger partial charge in [0.25, 0.3) is 0 Å². The van der Waals surface area contributed by atoms with E-state index in [1.165, 1.54) is 6.92 Å². The molecule has 2 aliphatic rings. The number of hydrogen-bond donors (Lipinski definition) is 17. The average molecular weight is 1290 g/mol. The lowest BCUT2D eigenvalue weighted by Crippen LogP contribution is -2.61. The number of aliphatic imine (C=N–C) groups is 2. The van der Waals surface area contributed by atoms with Crippen LogP contribution in [0.2, 0.25) is 0 Å². The van der Waals surface area contributed by atoms with Gasteiger partial charge in [0.1, 0.15) is 54.1 Å². The molecular formula is C59H104N18O14. The van der Waals surface area contributed by atoms with Gasteiger partial charge in [-0.2, -0.15) is 0 Å². The number of Topliss-reactive ketones (excluding diaryl/α,β-unsaturated/α-hetero) is 2. The lowest BCUT2D eigenvalue weighted by atomic mass is 9.93. The maximum Gasteiger partial charge on any atom is 0.245 e. The van der Waals surface area contributed by atoms with E-state index in [1.54, 1.807) is 69.2 Å². The highest BCUT2D eigenvalue weighted by molar-refractivity contribution is 6.06. The van der Waals surface area contributed by atoms with Crippen LogP contribution in [0.4, 0.5) is 0 Å². The SMILES string of the molecule is CC(N)=NCCCC(NC(=O)C(CC(C)C)NC(=O)C(CCCN)NC(=O)C(C)CC1C2C(=O)CC(NC(=O)C(C)NC(=O)C(N)C(C)C)C(=O)C12)C(=O)NC(CC(C)C)C(=O)NC(CCCN=C(N)N)C(=O)NC(C(=O)NC(CO)C(=O)NCC(N)=O)C(C)C. The van der Waals surface area contributed by atoms with Crippen LogP contribution in [0.3, 0.4) is 0 Å². The van der Waals surface area contributed by atoms with Gasteiger partial charge < -0.3 is 92.7 Å². The molecule has 14 atom stereocenters. The van der Waals surface area contributed by atoms with E-state index >= 15 is 0 Å². The summed E-state index contributed by atoms with van der Waals surface area (Å²) in [5, 5.41) is 35.8. The highest BCUT2D eigenvalue weighted by Crippen LogP contribution is 2.54. The molecule has 2 saturated carbocycles. The molecular weight excluding hydrogens is 1180 g/mol. The van der Waals surface area contributed by atoms with Crippen LogP contribution in [0.25, 0.3) is 0 Å². The number of nitrogens with two attached hydrogens (primary N) is 6. The molecule has 0 aliphatic heterocycles. The monoisotopic (exact) mass is 1290 g/mol. The predicted octanol–water partition coefficient (Wildman–Crippen LogP) is -4.93. The summed E-state index contributed by atoms with van der Waals surface area (Å²) in [4.78, 5) is 184. The number of nitrogens with zero attached hydrogens (tertiary/aromatic N) is 2. The third kappa shape index (κ3) is 27.2. The summed E-state index contributed by atoms with van der Waals surface area (Å²) in [7, 11) is 0. The van der Waals surface area contributed by atoms with Crippen molar-refractivity contribution in [3.05, 3.63) is 0 Å². The number of aliphatic hydroxyl groups excluding tert-OH is 1. The molecule has 91 heavy (non-hydrogen) atoms. The summed E-state index contributed by atoms with van der Waals surface area (Å²) in [5.74, 6) is -13.1. The zero-order valence-corrected chi connectivity index (χ0v) is 54.6. The molecule has 2 aliphatic carbocycles. The Balaban J connectivity index is 2.38. The van der Waals surface area contributed by atoms with Crippen LogP contribution in [0, 0.1) is 47.3 Å². The molecule has 0 aromatic heterocycles. The standard InChI is InChI=1S/C59H104N18O14/c1-27(2)21-39(74-52(85)35(15-12-18-60)70-49(82)31(9)23-34-44-42(79)24-38(48(81)45(34)44)73-50(83)32(10)69-57(90)46(63)29(5)6)55(88)71-36(16-13-19-66-33(11)61)53(86)75-40(22-28(3)4)56(89)72-37(17-14-20-67-59(64)65)54(87)77-47(30(7)8)58(91)76-41(26-78)51(84)68-25-43(62)80/h27-32,34-41,44-47,78H,12-26,60,63H2,1-11H3,(H2,61,66)(H2,62,80)(H,68,84)(H,69,90)(H,70,82)(H,71,88)(H,72,89)(H,73,83)(H,74,85)(H,75,86)(H,76,91)(H,77,87)(H4,64,65,67). The first kappa shape index (κ1) is 79.2. The molecule has 0 aromatic carbocycles. The van der Waals surface area contributed by atoms with E-state index in [9.17, 15) is 67.4 Å². The van der Waals surface area contributed by atoms with Crippen molar-refractivity contribution in [1.82, 2.24) is 53.2 Å². The van der Waals surface area contributed by atoms with E-state index < -0.39 is 168 Å². The van der Waals surface area contributed by atoms with Gasteiger partial charge >= 0.3 is 0 Å². The molecule has 0 aromatic rings. The Bertz CT molecular complexity index is 2610. The summed E-state index contributed by atoms with van der Waals surface area (Å²) in [5.41, 5.74) is 33.7. The topological polar surface area (TPSA) is 543 Å². The highest BCUT2D eigenvalue weighted by Gasteiger charge is 2.63. The Morgan fingerprint density at radius 2 is 1.00 bits per heavy atom. The molecule has 14 unspecified atom stereocenters. The van der Waals surface area contributed by atoms with E-state index in [-0.39, 0.29) is 125 Å². The second-order valence-electron chi connectivity index (χ2n) is 25.3. The highest BCUT2D eigenvalue weighted by atomic mass is 16.3. The number of hydrogen-bond acceptors (Lipinski definition) is 18. The minimum Gasteiger partial charge on any atom is -0.394 e. The first-order valence-corrected chi connectivity index (χ1v) is 31.3. The van der Waals surface area contributed by atoms with Crippen molar-refractivity contribution >= 4 is 88.3 Å². The first-order chi connectivity index (χ1) is 42.5. The third-order valence-electron chi connectivity index (χ3n) is 15.5.